The Morgan fingerprint density at radius 2 is 2.11 bits per heavy atom. The van der Waals surface area contributed by atoms with Gasteiger partial charge in [0.25, 0.3) is 0 Å². The fourth-order valence-corrected chi connectivity index (χ4v) is 3.81. The Balaban J connectivity index is 1.65. The molecule has 1 amide bonds. The van der Waals surface area contributed by atoms with E-state index in [1.807, 2.05) is 12.3 Å². The maximum absolute atomic E-state index is 11.9. The SMILES string of the molecule is Cc1csc(CNC(=NCC(=O)N(C)C)NC2CCc3ccccc3C2)n1. The standard InChI is InChI=1S/C20H27N5OS/c1-14-13-27-18(23-14)11-21-20(22-12-19(26)25(2)3)24-17-9-8-15-6-4-5-7-16(15)10-17/h4-7,13,17H,8-12H2,1-3H3,(H2,21,22,24). The summed E-state index contributed by atoms with van der Waals surface area (Å²) in [5, 5.41) is 9.89. The molecule has 1 aliphatic rings. The van der Waals surface area contributed by atoms with Gasteiger partial charge >= 0.3 is 0 Å². The van der Waals surface area contributed by atoms with Gasteiger partial charge in [0, 0.05) is 31.2 Å². The van der Waals surface area contributed by atoms with Crippen molar-refractivity contribution in [3.05, 3.63) is 51.5 Å². The summed E-state index contributed by atoms with van der Waals surface area (Å²) in [6, 6.07) is 8.90. The number of nitrogens with one attached hydrogen (secondary N) is 2. The number of aliphatic imine (C=N–C) groups is 1. The average molecular weight is 386 g/mol. The van der Waals surface area contributed by atoms with Gasteiger partial charge in [-0.1, -0.05) is 24.3 Å². The van der Waals surface area contributed by atoms with Crippen LogP contribution < -0.4 is 10.6 Å². The van der Waals surface area contributed by atoms with Crippen LogP contribution >= 0.6 is 11.3 Å². The second kappa shape index (κ2) is 8.99. The van der Waals surface area contributed by atoms with Crippen molar-refractivity contribution in [3.8, 4) is 0 Å². The minimum Gasteiger partial charge on any atom is -0.353 e. The van der Waals surface area contributed by atoms with Crippen molar-refractivity contribution >= 4 is 23.2 Å². The third-order valence-electron chi connectivity index (χ3n) is 4.63. The van der Waals surface area contributed by atoms with Crippen LogP contribution in [-0.4, -0.2) is 48.4 Å². The van der Waals surface area contributed by atoms with Gasteiger partial charge in [-0.2, -0.15) is 0 Å². The Bertz CT molecular complexity index is 814. The summed E-state index contributed by atoms with van der Waals surface area (Å²) >= 11 is 1.63. The Labute approximate surface area is 164 Å². The predicted molar refractivity (Wildman–Crippen MR) is 110 cm³/mol. The van der Waals surface area contributed by atoms with Crippen LogP contribution in [0.4, 0.5) is 0 Å². The molecule has 0 aliphatic heterocycles. The van der Waals surface area contributed by atoms with Gasteiger partial charge in [0.2, 0.25) is 5.91 Å². The average Bonchev–Trinajstić information content (AvgIpc) is 3.08. The van der Waals surface area contributed by atoms with Gasteiger partial charge in [-0.3, -0.25) is 4.79 Å². The van der Waals surface area contributed by atoms with Crippen LogP contribution in [0.2, 0.25) is 0 Å². The molecule has 3 rings (SSSR count). The highest BCUT2D eigenvalue weighted by molar-refractivity contribution is 7.09. The summed E-state index contributed by atoms with van der Waals surface area (Å²) in [6.45, 7) is 2.72. The van der Waals surface area contributed by atoms with E-state index < -0.39 is 0 Å². The predicted octanol–water partition coefficient (Wildman–Crippen LogP) is 2.13. The molecule has 1 aliphatic carbocycles. The Morgan fingerprint density at radius 3 is 2.81 bits per heavy atom. The number of aromatic nitrogens is 1. The van der Waals surface area contributed by atoms with Crippen LogP contribution in [-0.2, 0) is 24.2 Å². The third-order valence-corrected chi connectivity index (χ3v) is 5.60. The molecule has 0 spiro atoms. The Hall–Kier alpha value is -2.41. The molecule has 2 aromatic rings. The first kappa shape index (κ1) is 19.4. The third kappa shape index (κ3) is 5.53. The zero-order chi connectivity index (χ0) is 19.2. The van der Waals surface area contributed by atoms with Crippen molar-refractivity contribution in [1.29, 1.82) is 0 Å². The molecular weight excluding hydrogens is 358 g/mol. The van der Waals surface area contributed by atoms with Crippen LogP contribution in [0.1, 0.15) is 28.2 Å². The zero-order valence-electron chi connectivity index (χ0n) is 16.2. The van der Waals surface area contributed by atoms with E-state index >= 15 is 0 Å². The summed E-state index contributed by atoms with van der Waals surface area (Å²) in [4.78, 5) is 22.5. The quantitative estimate of drug-likeness (QED) is 0.611. The summed E-state index contributed by atoms with van der Waals surface area (Å²) in [5.41, 5.74) is 3.85. The minimum atomic E-state index is -0.0183. The molecular formula is C20H27N5OS. The number of hydrogen-bond donors (Lipinski definition) is 2. The van der Waals surface area contributed by atoms with Crippen LogP contribution in [0.5, 0.6) is 0 Å². The van der Waals surface area contributed by atoms with Crippen LogP contribution in [0.3, 0.4) is 0 Å². The second-order valence-electron chi connectivity index (χ2n) is 7.04. The van der Waals surface area contributed by atoms with Gasteiger partial charge in [-0.05, 0) is 37.3 Å². The van der Waals surface area contributed by atoms with Crippen LogP contribution in [0.25, 0.3) is 0 Å². The van der Waals surface area contributed by atoms with Crippen molar-refractivity contribution in [2.24, 2.45) is 4.99 Å². The molecule has 0 fully saturated rings. The number of aryl methyl sites for hydroxylation is 2. The van der Waals surface area contributed by atoms with Gasteiger partial charge in [0.15, 0.2) is 5.96 Å². The molecule has 1 atom stereocenters. The lowest BCUT2D eigenvalue weighted by atomic mass is 9.88. The maximum atomic E-state index is 11.9. The smallest absolute Gasteiger partial charge is 0.243 e. The van der Waals surface area contributed by atoms with Crippen LogP contribution in [0.15, 0.2) is 34.6 Å². The Kier molecular flexibility index (Phi) is 6.45. The fourth-order valence-electron chi connectivity index (χ4n) is 3.10. The largest absolute Gasteiger partial charge is 0.353 e. The summed E-state index contributed by atoms with van der Waals surface area (Å²) in [6.07, 6.45) is 3.08. The zero-order valence-corrected chi connectivity index (χ0v) is 17.0. The molecule has 144 valence electrons. The topological polar surface area (TPSA) is 69.6 Å². The minimum absolute atomic E-state index is 0.0183. The number of guanidine groups is 1. The molecule has 1 unspecified atom stereocenters. The molecule has 2 N–H and O–H groups in total. The number of benzene rings is 1. The van der Waals surface area contributed by atoms with Gasteiger partial charge in [0.05, 0.1) is 6.54 Å². The number of fused-ring (bicyclic) bond motifs is 1. The molecule has 0 radical (unpaired) electrons. The fraction of sp³-hybridized carbons (Fsp3) is 0.450. The molecule has 1 aromatic heterocycles. The molecule has 6 nitrogen and oxygen atoms in total. The molecule has 1 heterocycles. The van der Waals surface area contributed by atoms with Gasteiger partial charge in [0.1, 0.15) is 11.6 Å². The van der Waals surface area contributed by atoms with Crippen LogP contribution in [0, 0.1) is 6.92 Å². The molecule has 7 heteroatoms. The number of nitrogens with zero attached hydrogens (tertiary/aromatic N) is 3. The normalized spacial score (nSPS) is 16.6. The highest BCUT2D eigenvalue weighted by Crippen LogP contribution is 2.21. The number of thiazole rings is 1. The number of rotatable bonds is 5. The lowest BCUT2D eigenvalue weighted by Gasteiger charge is -2.27. The lowest BCUT2D eigenvalue weighted by molar-refractivity contribution is -0.127. The monoisotopic (exact) mass is 385 g/mol. The first-order valence-corrected chi connectivity index (χ1v) is 10.1. The van der Waals surface area contributed by atoms with E-state index in [1.165, 1.54) is 11.1 Å². The van der Waals surface area contributed by atoms with E-state index in [9.17, 15) is 4.79 Å². The molecule has 0 bridgehead atoms. The number of hydrogen-bond acceptors (Lipinski definition) is 4. The van der Waals surface area contributed by atoms with Crippen molar-refractivity contribution in [2.75, 3.05) is 20.6 Å². The summed E-state index contributed by atoms with van der Waals surface area (Å²) in [7, 11) is 3.49. The van der Waals surface area contributed by atoms with Gasteiger partial charge < -0.3 is 15.5 Å². The summed E-state index contributed by atoms with van der Waals surface area (Å²) in [5.74, 6) is 0.651. The van der Waals surface area contributed by atoms with Crippen molar-refractivity contribution in [1.82, 2.24) is 20.5 Å². The first-order chi connectivity index (χ1) is 13.0. The number of carbonyl (C=O) groups is 1. The Morgan fingerprint density at radius 1 is 1.33 bits per heavy atom. The number of amides is 1. The van der Waals surface area contributed by atoms with E-state index in [0.717, 1.165) is 30.0 Å². The number of carbonyl (C=O) groups excluding carboxylic acids is 1. The molecule has 0 saturated heterocycles. The van der Waals surface area contributed by atoms with E-state index in [2.05, 4.69) is 44.9 Å². The number of likely N-dealkylation sites (N-methyl/N-ethyl adjacent to an activating group) is 1. The lowest BCUT2D eigenvalue weighted by Crippen LogP contribution is -2.46. The summed E-state index contributed by atoms with van der Waals surface area (Å²) < 4.78 is 0. The highest BCUT2D eigenvalue weighted by Gasteiger charge is 2.19. The van der Waals surface area contributed by atoms with Gasteiger partial charge in [-0.15, -0.1) is 11.3 Å². The molecule has 27 heavy (non-hydrogen) atoms. The van der Waals surface area contributed by atoms with E-state index in [0.29, 0.717) is 18.5 Å². The molecule has 1 aromatic carbocycles. The molecule has 0 saturated carbocycles. The van der Waals surface area contributed by atoms with Crippen molar-refractivity contribution < 1.29 is 4.79 Å². The van der Waals surface area contributed by atoms with Crippen molar-refractivity contribution in [2.45, 2.75) is 38.8 Å². The van der Waals surface area contributed by atoms with E-state index in [4.69, 9.17) is 0 Å². The van der Waals surface area contributed by atoms with Gasteiger partial charge in [-0.25, -0.2) is 9.98 Å². The maximum Gasteiger partial charge on any atom is 0.243 e. The first-order valence-electron chi connectivity index (χ1n) is 9.24. The van der Waals surface area contributed by atoms with E-state index in [1.54, 1.807) is 30.3 Å². The second-order valence-corrected chi connectivity index (χ2v) is 7.98. The van der Waals surface area contributed by atoms with Crippen molar-refractivity contribution in [3.63, 3.8) is 0 Å². The van der Waals surface area contributed by atoms with E-state index in [-0.39, 0.29) is 12.5 Å². The highest BCUT2D eigenvalue weighted by atomic mass is 32.1.